The molecule has 0 fully saturated rings. The molecule has 5 nitrogen and oxygen atoms in total. The van der Waals surface area contributed by atoms with Crippen LogP contribution in [0.15, 0.2) is 42.5 Å². The molecule has 0 aliphatic heterocycles. The summed E-state index contributed by atoms with van der Waals surface area (Å²) in [6.07, 6.45) is 0. The van der Waals surface area contributed by atoms with E-state index in [1.165, 1.54) is 6.92 Å². The van der Waals surface area contributed by atoms with Gasteiger partial charge in [0.05, 0.1) is 7.11 Å². The fourth-order valence-corrected chi connectivity index (χ4v) is 2.60. The normalized spacial score (nSPS) is 10.2. The second-order valence-corrected chi connectivity index (χ2v) is 6.07. The minimum Gasteiger partial charge on any atom is -0.496 e. The van der Waals surface area contributed by atoms with Gasteiger partial charge in [0.1, 0.15) is 5.75 Å². The van der Waals surface area contributed by atoms with Crippen LogP contribution in [0.4, 0.5) is 0 Å². The second kappa shape index (κ2) is 8.33. The molecule has 0 saturated heterocycles. The van der Waals surface area contributed by atoms with Crippen LogP contribution in [0.5, 0.6) is 5.75 Å². The average Bonchev–Trinajstić information content (AvgIpc) is 2.60. The number of ether oxygens (including phenoxy) is 1. The molecule has 132 valence electrons. The van der Waals surface area contributed by atoms with Gasteiger partial charge in [-0.1, -0.05) is 24.3 Å². The van der Waals surface area contributed by atoms with E-state index in [0.29, 0.717) is 18.7 Å². The molecular weight excluding hydrogens is 316 g/mol. The average molecular weight is 340 g/mol. The van der Waals surface area contributed by atoms with E-state index in [1.54, 1.807) is 31.2 Å². The van der Waals surface area contributed by atoms with Crippen LogP contribution in [-0.4, -0.2) is 30.9 Å². The van der Waals surface area contributed by atoms with Gasteiger partial charge in [-0.15, -0.1) is 0 Å². The van der Waals surface area contributed by atoms with E-state index >= 15 is 0 Å². The van der Waals surface area contributed by atoms with Crippen molar-refractivity contribution in [3.63, 3.8) is 0 Å². The van der Waals surface area contributed by atoms with Crippen molar-refractivity contribution in [1.29, 1.82) is 0 Å². The lowest BCUT2D eigenvalue weighted by atomic mass is 10.1. The lowest BCUT2D eigenvalue weighted by molar-refractivity contribution is -0.119. The Bertz CT molecular complexity index is 754. The number of hydrogen-bond acceptors (Lipinski definition) is 3. The number of carbonyl (C=O) groups is 2. The van der Waals surface area contributed by atoms with E-state index in [1.807, 2.05) is 37.3 Å². The number of amides is 2. The van der Waals surface area contributed by atoms with E-state index in [9.17, 15) is 9.59 Å². The number of aryl methyl sites for hydroxylation is 1. The number of benzene rings is 2. The Kier molecular flexibility index (Phi) is 6.17. The maximum absolute atomic E-state index is 12.6. The summed E-state index contributed by atoms with van der Waals surface area (Å²) in [5, 5.41) is 2.74. The molecule has 0 spiro atoms. The van der Waals surface area contributed by atoms with Gasteiger partial charge in [-0.2, -0.15) is 0 Å². The Morgan fingerprint density at radius 2 is 1.72 bits per heavy atom. The van der Waals surface area contributed by atoms with Crippen LogP contribution >= 0.6 is 0 Å². The Labute approximate surface area is 148 Å². The summed E-state index contributed by atoms with van der Waals surface area (Å²) in [4.78, 5) is 25.2. The molecular formula is C20H24N2O3. The molecule has 2 aromatic carbocycles. The van der Waals surface area contributed by atoms with Crippen LogP contribution in [0.2, 0.25) is 0 Å². The highest BCUT2D eigenvalue weighted by atomic mass is 16.5. The summed E-state index contributed by atoms with van der Waals surface area (Å²) >= 11 is 0. The van der Waals surface area contributed by atoms with Gasteiger partial charge >= 0.3 is 0 Å². The Morgan fingerprint density at radius 1 is 1.08 bits per heavy atom. The monoisotopic (exact) mass is 340 g/mol. The lowest BCUT2D eigenvalue weighted by Gasteiger charge is -2.18. The number of nitrogens with one attached hydrogen (secondary N) is 1. The van der Waals surface area contributed by atoms with Crippen molar-refractivity contribution in [2.24, 2.45) is 0 Å². The van der Waals surface area contributed by atoms with Crippen LogP contribution in [0.1, 0.15) is 34.0 Å². The van der Waals surface area contributed by atoms with Crippen LogP contribution in [0, 0.1) is 6.92 Å². The third-order valence-corrected chi connectivity index (χ3v) is 3.97. The summed E-state index contributed by atoms with van der Waals surface area (Å²) in [6, 6.07) is 13.2. The SMILES string of the molecule is COc1ccc(CN(C)C(=O)c2ccc(CNC(C)=O)cc2)cc1C. The molecule has 0 unspecified atom stereocenters. The zero-order valence-corrected chi connectivity index (χ0v) is 15.1. The third-order valence-electron chi connectivity index (χ3n) is 3.97. The molecule has 0 saturated carbocycles. The lowest BCUT2D eigenvalue weighted by Crippen LogP contribution is -2.26. The molecule has 2 aromatic rings. The van der Waals surface area contributed by atoms with Gasteiger partial charge in [0.25, 0.3) is 5.91 Å². The molecule has 2 rings (SSSR count). The van der Waals surface area contributed by atoms with Gasteiger partial charge in [0.15, 0.2) is 0 Å². The first-order valence-electron chi connectivity index (χ1n) is 8.13. The third kappa shape index (κ3) is 5.08. The molecule has 0 atom stereocenters. The minimum absolute atomic E-state index is 0.0421. The van der Waals surface area contributed by atoms with Crippen molar-refractivity contribution in [3.05, 3.63) is 64.7 Å². The first kappa shape index (κ1) is 18.5. The smallest absolute Gasteiger partial charge is 0.253 e. The quantitative estimate of drug-likeness (QED) is 0.880. The van der Waals surface area contributed by atoms with Gasteiger partial charge in [-0.3, -0.25) is 9.59 Å². The molecule has 0 aliphatic rings. The molecule has 0 radical (unpaired) electrons. The van der Waals surface area contributed by atoms with Crippen molar-refractivity contribution in [2.75, 3.05) is 14.2 Å². The highest BCUT2D eigenvalue weighted by Gasteiger charge is 2.12. The van der Waals surface area contributed by atoms with E-state index in [0.717, 1.165) is 22.4 Å². The first-order valence-corrected chi connectivity index (χ1v) is 8.13. The Hall–Kier alpha value is -2.82. The maximum Gasteiger partial charge on any atom is 0.253 e. The molecule has 25 heavy (non-hydrogen) atoms. The molecule has 5 heteroatoms. The van der Waals surface area contributed by atoms with E-state index in [2.05, 4.69) is 5.32 Å². The van der Waals surface area contributed by atoms with Crippen LogP contribution < -0.4 is 10.1 Å². The Morgan fingerprint density at radius 3 is 2.28 bits per heavy atom. The summed E-state index contributed by atoms with van der Waals surface area (Å²) in [5.41, 5.74) is 3.68. The summed E-state index contributed by atoms with van der Waals surface area (Å²) in [7, 11) is 3.43. The molecule has 0 aliphatic carbocycles. The van der Waals surface area contributed by atoms with Gasteiger partial charge in [-0.05, 0) is 41.8 Å². The number of methoxy groups -OCH3 is 1. The summed E-state index contributed by atoms with van der Waals surface area (Å²) < 4.78 is 5.26. The summed E-state index contributed by atoms with van der Waals surface area (Å²) in [5.74, 6) is 0.724. The van der Waals surface area contributed by atoms with Gasteiger partial charge in [0.2, 0.25) is 5.91 Å². The molecule has 0 aromatic heterocycles. The first-order chi connectivity index (χ1) is 11.9. The van der Waals surface area contributed by atoms with Crippen molar-refractivity contribution in [1.82, 2.24) is 10.2 Å². The second-order valence-electron chi connectivity index (χ2n) is 6.07. The van der Waals surface area contributed by atoms with Crippen molar-refractivity contribution in [2.45, 2.75) is 26.9 Å². The van der Waals surface area contributed by atoms with Crippen molar-refractivity contribution in [3.8, 4) is 5.75 Å². The molecule has 1 N–H and O–H groups in total. The zero-order valence-electron chi connectivity index (χ0n) is 15.1. The Balaban J connectivity index is 2.01. The number of nitrogens with zero attached hydrogens (tertiary/aromatic N) is 1. The summed E-state index contributed by atoms with van der Waals surface area (Å²) in [6.45, 7) is 4.45. The highest BCUT2D eigenvalue weighted by Crippen LogP contribution is 2.19. The number of hydrogen-bond donors (Lipinski definition) is 1. The maximum atomic E-state index is 12.6. The van der Waals surface area contributed by atoms with Crippen LogP contribution in [0.3, 0.4) is 0 Å². The molecule has 2 amide bonds. The van der Waals surface area contributed by atoms with Gasteiger partial charge < -0.3 is 15.0 Å². The van der Waals surface area contributed by atoms with E-state index in [4.69, 9.17) is 4.74 Å². The zero-order chi connectivity index (χ0) is 18.4. The number of rotatable bonds is 6. The molecule has 0 heterocycles. The van der Waals surface area contributed by atoms with E-state index < -0.39 is 0 Å². The number of carbonyl (C=O) groups excluding carboxylic acids is 2. The van der Waals surface area contributed by atoms with Crippen LogP contribution in [0.25, 0.3) is 0 Å². The fraction of sp³-hybridized carbons (Fsp3) is 0.300. The van der Waals surface area contributed by atoms with Gasteiger partial charge in [0, 0.05) is 32.6 Å². The predicted molar refractivity (Wildman–Crippen MR) is 97.5 cm³/mol. The van der Waals surface area contributed by atoms with Crippen LogP contribution in [-0.2, 0) is 17.9 Å². The predicted octanol–water partition coefficient (Wildman–Crippen LogP) is 2.91. The van der Waals surface area contributed by atoms with Crippen molar-refractivity contribution >= 4 is 11.8 Å². The minimum atomic E-state index is -0.0744. The van der Waals surface area contributed by atoms with Gasteiger partial charge in [-0.25, -0.2) is 0 Å². The molecule has 0 bridgehead atoms. The fourth-order valence-electron chi connectivity index (χ4n) is 2.60. The standard InChI is InChI=1S/C20H24N2O3/c1-14-11-17(7-10-19(14)25-4)13-22(3)20(24)18-8-5-16(6-9-18)12-21-15(2)23/h5-11H,12-13H2,1-4H3,(H,21,23). The largest absolute Gasteiger partial charge is 0.496 e. The topological polar surface area (TPSA) is 58.6 Å². The van der Waals surface area contributed by atoms with E-state index in [-0.39, 0.29) is 11.8 Å². The highest BCUT2D eigenvalue weighted by molar-refractivity contribution is 5.94. The van der Waals surface area contributed by atoms with Crippen molar-refractivity contribution < 1.29 is 14.3 Å².